The lowest BCUT2D eigenvalue weighted by atomic mass is 10.0. The Bertz CT molecular complexity index is 649. The molecule has 3 N–H and O–H groups in total. The number of rotatable bonds is 5. The highest BCUT2D eigenvalue weighted by atomic mass is 15.1. The molecule has 1 aromatic heterocycles. The number of aryl methyl sites for hydroxylation is 2. The fraction of sp³-hybridized carbons (Fsp3) is 0.294. The van der Waals surface area contributed by atoms with Gasteiger partial charge in [0.2, 0.25) is 0 Å². The molecule has 4 heteroatoms. The average molecular weight is 282 g/mol. The summed E-state index contributed by atoms with van der Waals surface area (Å²) in [5, 5.41) is 7.47. The predicted molar refractivity (Wildman–Crippen MR) is 86.3 cm³/mol. The highest BCUT2D eigenvalue weighted by Crippen LogP contribution is 2.14. The zero-order valence-corrected chi connectivity index (χ0v) is 12.9. The first-order valence-electron chi connectivity index (χ1n) is 7.00. The van der Waals surface area contributed by atoms with Crippen LogP contribution in [0.3, 0.4) is 0 Å². The second-order valence-corrected chi connectivity index (χ2v) is 5.50. The van der Waals surface area contributed by atoms with E-state index in [1.165, 1.54) is 5.56 Å². The van der Waals surface area contributed by atoms with E-state index < -0.39 is 0 Å². The smallest absolute Gasteiger partial charge is 0.122 e. The van der Waals surface area contributed by atoms with Gasteiger partial charge in [-0.3, -0.25) is 15.3 Å². The summed E-state index contributed by atoms with van der Waals surface area (Å²) in [6.45, 7) is 5.73. The van der Waals surface area contributed by atoms with Crippen LogP contribution in [-0.4, -0.2) is 22.8 Å². The molecule has 0 amide bonds. The summed E-state index contributed by atoms with van der Waals surface area (Å²) in [4.78, 5) is 6.76. The predicted octanol–water partition coefficient (Wildman–Crippen LogP) is 2.61. The van der Waals surface area contributed by atoms with Gasteiger partial charge in [-0.2, -0.15) is 0 Å². The molecule has 21 heavy (non-hydrogen) atoms. The largest absolute Gasteiger partial charge is 0.384 e. The second kappa shape index (κ2) is 6.50. The van der Waals surface area contributed by atoms with Crippen LogP contribution in [0.4, 0.5) is 0 Å². The fourth-order valence-corrected chi connectivity index (χ4v) is 2.35. The van der Waals surface area contributed by atoms with Crippen molar-refractivity contribution in [2.45, 2.75) is 26.9 Å². The summed E-state index contributed by atoms with van der Waals surface area (Å²) < 4.78 is 0. The molecule has 0 bridgehead atoms. The van der Waals surface area contributed by atoms with Crippen LogP contribution in [0.25, 0.3) is 0 Å². The van der Waals surface area contributed by atoms with Crippen LogP contribution >= 0.6 is 0 Å². The Morgan fingerprint density at radius 1 is 1.19 bits per heavy atom. The third kappa shape index (κ3) is 4.13. The summed E-state index contributed by atoms with van der Waals surface area (Å²) in [5.41, 5.74) is 10.8. The number of nitrogens with one attached hydrogen (secondary N) is 1. The number of aromatic nitrogens is 1. The zero-order valence-electron chi connectivity index (χ0n) is 12.9. The van der Waals surface area contributed by atoms with Crippen molar-refractivity contribution >= 4 is 5.84 Å². The van der Waals surface area contributed by atoms with Gasteiger partial charge >= 0.3 is 0 Å². The minimum atomic E-state index is 0.113. The molecule has 0 unspecified atom stereocenters. The van der Waals surface area contributed by atoms with E-state index in [0.717, 1.165) is 35.6 Å². The maximum atomic E-state index is 7.47. The molecule has 0 aliphatic rings. The summed E-state index contributed by atoms with van der Waals surface area (Å²) >= 11 is 0. The van der Waals surface area contributed by atoms with E-state index in [2.05, 4.69) is 29.9 Å². The minimum absolute atomic E-state index is 0.113. The molecule has 110 valence electrons. The summed E-state index contributed by atoms with van der Waals surface area (Å²) in [6.07, 6.45) is 0. The Morgan fingerprint density at radius 3 is 2.57 bits per heavy atom. The third-order valence-electron chi connectivity index (χ3n) is 3.47. The minimum Gasteiger partial charge on any atom is -0.384 e. The van der Waals surface area contributed by atoms with Gasteiger partial charge in [-0.05, 0) is 50.2 Å². The monoisotopic (exact) mass is 282 g/mol. The maximum Gasteiger partial charge on any atom is 0.122 e. The molecule has 0 atom stereocenters. The van der Waals surface area contributed by atoms with Gasteiger partial charge in [0.05, 0.1) is 5.69 Å². The van der Waals surface area contributed by atoms with Crippen LogP contribution in [0, 0.1) is 19.3 Å². The number of benzene rings is 1. The van der Waals surface area contributed by atoms with Crippen molar-refractivity contribution in [1.82, 2.24) is 9.88 Å². The summed E-state index contributed by atoms with van der Waals surface area (Å²) in [6, 6.07) is 12.0. The number of nitrogens with two attached hydrogens (primary N) is 1. The van der Waals surface area contributed by atoms with Gasteiger partial charge in [-0.25, -0.2) is 0 Å². The molecule has 1 aromatic carbocycles. The third-order valence-corrected chi connectivity index (χ3v) is 3.47. The number of nitrogen functional groups attached to an aromatic ring is 1. The lowest BCUT2D eigenvalue weighted by molar-refractivity contribution is 0.314. The number of pyridine rings is 1. The lowest BCUT2D eigenvalue weighted by Gasteiger charge is -2.18. The van der Waals surface area contributed by atoms with Crippen LogP contribution in [0.5, 0.6) is 0 Å². The van der Waals surface area contributed by atoms with E-state index in [1.807, 2.05) is 37.3 Å². The molecule has 0 aliphatic carbocycles. The molecule has 0 radical (unpaired) electrons. The van der Waals surface area contributed by atoms with Gasteiger partial charge in [0.25, 0.3) is 0 Å². The van der Waals surface area contributed by atoms with Crippen molar-refractivity contribution in [3.8, 4) is 0 Å². The molecule has 0 fully saturated rings. The van der Waals surface area contributed by atoms with E-state index in [-0.39, 0.29) is 5.84 Å². The molecule has 4 nitrogen and oxygen atoms in total. The first-order valence-corrected chi connectivity index (χ1v) is 7.00. The number of amidine groups is 1. The van der Waals surface area contributed by atoms with Gasteiger partial charge in [-0.15, -0.1) is 0 Å². The lowest BCUT2D eigenvalue weighted by Crippen LogP contribution is -2.19. The average Bonchev–Trinajstić information content (AvgIpc) is 2.40. The summed E-state index contributed by atoms with van der Waals surface area (Å²) in [5.74, 6) is 0.113. The second-order valence-electron chi connectivity index (χ2n) is 5.50. The van der Waals surface area contributed by atoms with Gasteiger partial charge in [0.15, 0.2) is 0 Å². The normalized spacial score (nSPS) is 10.9. The van der Waals surface area contributed by atoms with Crippen molar-refractivity contribution in [1.29, 1.82) is 5.41 Å². The SMILES string of the molecule is Cc1cccc(CN(C)Cc2ccc(C(=N)N)cc2C)n1. The molecule has 0 saturated carbocycles. The highest BCUT2D eigenvalue weighted by Gasteiger charge is 2.07. The fourth-order valence-electron chi connectivity index (χ4n) is 2.35. The first-order chi connectivity index (χ1) is 9.95. The number of hydrogen-bond donors (Lipinski definition) is 2. The van der Waals surface area contributed by atoms with Crippen molar-refractivity contribution in [2.75, 3.05) is 7.05 Å². The molecule has 0 aliphatic heterocycles. The Labute approximate surface area is 126 Å². The Balaban J connectivity index is 2.06. The van der Waals surface area contributed by atoms with Crippen LogP contribution in [0.1, 0.15) is 28.1 Å². The topological polar surface area (TPSA) is 66.0 Å². The van der Waals surface area contributed by atoms with E-state index >= 15 is 0 Å². The van der Waals surface area contributed by atoms with E-state index in [1.54, 1.807) is 0 Å². The van der Waals surface area contributed by atoms with Crippen LogP contribution in [0.2, 0.25) is 0 Å². The molecule has 2 rings (SSSR count). The standard InChI is InChI=1S/C17H22N4/c1-12-9-14(17(18)19)7-8-15(12)10-21(3)11-16-6-4-5-13(2)20-16/h4-9H,10-11H2,1-3H3,(H3,18,19). The maximum absolute atomic E-state index is 7.47. The van der Waals surface area contributed by atoms with Crippen molar-refractivity contribution < 1.29 is 0 Å². The van der Waals surface area contributed by atoms with Crippen LogP contribution in [0.15, 0.2) is 36.4 Å². The van der Waals surface area contributed by atoms with Gasteiger partial charge < -0.3 is 5.73 Å². The zero-order chi connectivity index (χ0) is 15.4. The van der Waals surface area contributed by atoms with E-state index in [0.29, 0.717) is 0 Å². The Morgan fingerprint density at radius 2 is 1.95 bits per heavy atom. The number of hydrogen-bond acceptors (Lipinski definition) is 3. The van der Waals surface area contributed by atoms with E-state index in [9.17, 15) is 0 Å². The Hall–Kier alpha value is -2.20. The van der Waals surface area contributed by atoms with Crippen LogP contribution < -0.4 is 5.73 Å². The van der Waals surface area contributed by atoms with Gasteiger partial charge in [0.1, 0.15) is 5.84 Å². The molecular formula is C17H22N4. The Kier molecular flexibility index (Phi) is 4.70. The quantitative estimate of drug-likeness (QED) is 0.654. The molecule has 1 heterocycles. The van der Waals surface area contributed by atoms with Gasteiger partial charge in [0, 0.05) is 24.3 Å². The molecule has 0 spiro atoms. The van der Waals surface area contributed by atoms with Gasteiger partial charge in [-0.1, -0.05) is 18.2 Å². The highest BCUT2D eigenvalue weighted by molar-refractivity contribution is 5.95. The van der Waals surface area contributed by atoms with Crippen LogP contribution in [-0.2, 0) is 13.1 Å². The van der Waals surface area contributed by atoms with Crippen molar-refractivity contribution in [3.05, 3.63) is 64.5 Å². The molecule has 0 saturated heterocycles. The summed E-state index contributed by atoms with van der Waals surface area (Å²) in [7, 11) is 2.09. The van der Waals surface area contributed by atoms with E-state index in [4.69, 9.17) is 11.1 Å². The van der Waals surface area contributed by atoms with Crippen molar-refractivity contribution in [3.63, 3.8) is 0 Å². The number of nitrogens with zero attached hydrogens (tertiary/aromatic N) is 2. The molecule has 2 aromatic rings. The molecular weight excluding hydrogens is 260 g/mol. The first kappa shape index (κ1) is 15.2. The van der Waals surface area contributed by atoms with Crippen molar-refractivity contribution in [2.24, 2.45) is 5.73 Å².